The predicted octanol–water partition coefficient (Wildman–Crippen LogP) is 3.34. The Bertz CT molecular complexity index is 1350. The third kappa shape index (κ3) is 6.24. The first-order chi connectivity index (χ1) is 19.3. The average Bonchev–Trinajstić information content (AvgIpc) is 3.68. The summed E-state index contributed by atoms with van der Waals surface area (Å²) in [6, 6.07) is 7.09. The van der Waals surface area contributed by atoms with E-state index in [-0.39, 0.29) is 35.7 Å². The summed E-state index contributed by atoms with van der Waals surface area (Å²) in [7, 11) is 1.52. The number of benzene rings is 1. The number of aromatic nitrogens is 1. The number of ether oxygens (including phenoxy) is 3. The van der Waals surface area contributed by atoms with E-state index in [1.165, 1.54) is 12.0 Å². The molecule has 40 heavy (non-hydrogen) atoms. The quantitative estimate of drug-likeness (QED) is 0.324. The van der Waals surface area contributed by atoms with Crippen LogP contribution in [0.25, 0.3) is 0 Å². The average molecular weight is 588 g/mol. The van der Waals surface area contributed by atoms with Crippen molar-refractivity contribution in [2.24, 2.45) is 0 Å². The zero-order valence-corrected chi connectivity index (χ0v) is 23.4. The third-order valence-corrected chi connectivity index (χ3v) is 7.72. The number of rotatable bonds is 9. The largest absolute Gasteiger partial charge is 0.493 e. The summed E-state index contributed by atoms with van der Waals surface area (Å²) in [5, 5.41) is 19.4. The SMILES string of the molecule is COc1c(Cl)cccc1NC(=S)C1=C(NCc2ccncc2OC[C@@H]2CN(C(=O)O)CCO2)CC2(CC2)NC1=O. The summed E-state index contributed by atoms with van der Waals surface area (Å²) < 4.78 is 17.1. The first kappa shape index (κ1) is 27.9. The molecule has 11 nitrogen and oxygen atoms in total. The first-order valence-corrected chi connectivity index (χ1v) is 13.7. The molecule has 2 amide bonds. The van der Waals surface area contributed by atoms with E-state index < -0.39 is 6.09 Å². The number of carboxylic acid groups (broad SMARTS) is 1. The minimum Gasteiger partial charge on any atom is -0.493 e. The first-order valence-electron chi connectivity index (χ1n) is 12.9. The highest BCUT2D eigenvalue weighted by atomic mass is 35.5. The maximum absolute atomic E-state index is 13.3. The number of anilines is 1. The number of amides is 2. The fourth-order valence-electron chi connectivity index (χ4n) is 4.82. The fraction of sp³-hybridized carbons (Fsp3) is 0.407. The molecule has 1 aliphatic carbocycles. The number of carbonyl (C=O) groups is 2. The molecule has 0 bridgehead atoms. The number of nitrogens with zero attached hydrogens (tertiary/aromatic N) is 2. The molecule has 4 N–H and O–H groups in total. The van der Waals surface area contributed by atoms with Gasteiger partial charge in [0.15, 0.2) is 5.75 Å². The van der Waals surface area contributed by atoms with Crippen LogP contribution in [0.1, 0.15) is 24.8 Å². The molecule has 5 rings (SSSR count). The number of carbonyl (C=O) groups excluding carboxylic acids is 1. The summed E-state index contributed by atoms with van der Waals surface area (Å²) in [4.78, 5) is 30.3. The monoisotopic (exact) mass is 587 g/mol. The third-order valence-electron chi connectivity index (χ3n) is 7.12. The van der Waals surface area contributed by atoms with Gasteiger partial charge in [0.2, 0.25) is 0 Å². The van der Waals surface area contributed by atoms with E-state index in [2.05, 4.69) is 20.9 Å². The Morgan fingerprint density at radius 2 is 2.20 bits per heavy atom. The standard InChI is InChI=1S/C27H30ClN5O6S/c1-37-23-18(28)3-2-4-19(23)31-25(40)22-20(11-27(6-7-27)32-24(22)34)30-12-16-5-8-29-13-21(16)39-15-17-14-33(26(35)36)9-10-38-17/h2-5,8,13,17,30H,6-7,9-12,14-15H2,1H3,(H,31,40)(H,32,34)(H,35,36)/t17-/m0/s1. The molecule has 2 fully saturated rings. The van der Waals surface area contributed by atoms with Crippen LogP contribution in [-0.4, -0.2) is 77.0 Å². The van der Waals surface area contributed by atoms with Gasteiger partial charge in [-0.1, -0.05) is 29.9 Å². The van der Waals surface area contributed by atoms with Crippen LogP contribution < -0.4 is 25.4 Å². The lowest BCUT2D eigenvalue weighted by atomic mass is 9.98. The van der Waals surface area contributed by atoms with Gasteiger partial charge in [0, 0.05) is 42.5 Å². The van der Waals surface area contributed by atoms with E-state index in [0.29, 0.717) is 53.9 Å². The van der Waals surface area contributed by atoms with Crippen LogP contribution in [0.5, 0.6) is 11.5 Å². The van der Waals surface area contributed by atoms with E-state index in [4.69, 9.17) is 38.0 Å². The van der Waals surface area contributed by atoms with Crippen molar-refractivity contribution in [3.05, 3.63) is 58.5 Å². The lowest BCUT2D eigenvalue weighted by Crippen LogP contribution is -2.47. The van der Waals surface area contributed by atoms with Crippen LogP contribution in [0.4, 0.5) is 10.5 Å². The Labute approximate surface area is 241 Å². The number of nitrogens with one attached hydrogen (secondary N) is 3. The minimum atomic E-state index is -0.977. The van der Waals surface area contributed by atoms with Gasteiger partial charge in [0.1, 0.15) is 23.4 Å². The molecule has 1 aromatic carbocycles. The van der Waals surface area contributed by atoms with Gasteiger partial charge < -0.3 is 40.2 Å². The number of thiocarbonyl (C=S) groups is 1. The minimum absolute atomic E-state index is 0.178. The molecule has 3 heterocycles. The normalized spacial score (nSPS) is 19.6. The van der Waals surface area contributed by atoms with E-state index in [0.717, 1.165) is 24.1 Å². The van der Waals surface area contributed by atoms with E-state index >= 15 is 0 Å². The van der Waals surface area contributed by atoms with Crippen LogP contribution in [0.3, 0.4) is 0 Å². The summed E-state index contributed by atoms with van der Waals surface area (Å²) in [5.74, 6) is 0.732. The molecule has 1 saturated carbocycles. The molecule has 212 valence electrons. The molecule has 2 aromatic rings. The highest BCUT2D eigenvalue weighted by Gasteiger charge is 2.49. The van der Waals surface area contributed by atoms with Crippen LogP contribution in [0, 0.1) is 0 Å². The van der Waals surface area contributed by atoms with Gasteiger partial charge in [-0.3, -0.25) is 9.78 Å². The molecule has 13 heteroatoms. The fourth-order valence-corrected chi connectivity index (χ4v) is 5.40. The summed E-state index contributed by atoms with van der Waals surface area (Å²) in [6.45, 7) is 1.42. The molecule has 1 atom stereocenters. The molecular weight excluding hydrogens is 558 g/mol. The number of hydrogen-bond donors (Lipinski definition) is 4. The van der Waals surface area contributed by atoms with Crippen molar-refractivity contribution in [1.29, 1.82) is 0 Å². The van der Waals surface area contributed by atoms with Crippen LogP contribution >= 0.6 is 23.8 Å². The Balaban J connectivity index is 1.31. The maximum Gasteiger partial charge on any atom is 0.407 e. The lowest BCUT2D eigenvalue weighted by Gasteiger charge is -2.31. The Morgan fingerprint density at radius 1 is 1.38 bits per heavy atom. The van der Waals surface area contributed by atoms with Crippen molar-refractivity contribution in [3.63, 3.8) is 0 Å². The molecule has 3 aliphatic rings. The highest BCUT2D eigenvalue weighted by Crippen LogP contribution is 2.44. The van der Waals surface area contributed by atoms with Gasteiger partial charge in [0.05, 0.1) is 42.7 Å². The van der Waals surface area contributed by atoms with Gasteiger partial charge in [-0.15, -0.1) is 0 Å². The Kier molecular flexibility index (Phi) is 8.29. The van der Waals surface area contributed by atoms with Crippen LogP contribution in [0.15, 0.2) is 47.9 Å². The zero-order valence-electron chi connectivity index (χ0n) is 21.9. The Hall–Kier alpha value is -3.61. The lowest BCUT2D eigenvalue weighted by molar-refractivity contribution is -0.118. The second-order valence-corrected chi connectivity index (χ2v) is 10.7. The number of hydrogen-bond acceptors (Lipinski definition) is 8. The molecule has 0 unspecified atom stereocenters. The van der Waals surface area contributed by atoms with E-state index in [9.17, 15) is 14.7 Å². The van der Waals surface area contributed by atoms with Crippen molar-refractivity contribution < 1.29 is 28.9 Å². The van der Waals surface area contributed by atoms with Crippen LogP contribution in [-0.2, 0) is 16.1 Å². The number of methoxy groups -OCH3 is 1. The molecule has 1 spiro atoms. The molecular formula is C27H30ClN5O6S. The number of pyridine rings is 1. The van der Waals surface area contributed by atoms with Gasteiger partial charge >= 0.3 is 6.09 Å². The predicted molar refractivity (Wildman–Crippen MR) is 152 cm³/mol. The van der Waals surface area contributed by atoms with Gasteiger partial charge in [-0.25, -0.2) is 4.79 Å². The Morgan fingerprint density at radius 3 is 2.95 bits per heavy atom. The van der Waals surface area contributed by atoms with Crippen molar-refractivity contribution in [2.75, 3.05) is 38.7 Å². The van der Waals surface area contributed by atoms with E-state index in [1.807, 2.05) is 6.07 Å². The zero-order chi connectivity index (χ0) is 28.3. The van der Waals surface area contributed by atoms with Crippen molar-refractivity contribution in [2.45, 2.75) is 37.5 Å². The second kappa shape index (κ2) is 11.9. The van der Waals surface area contributed by atoms with Gasteiger partial charge in [0.25, 0.3) is 5.91 Å². The smallest absolute Gasteiger partial charge is 0.407 e. The number of halogens is 1. The topological polar surface area (TPSA) is 134 Å². The number of morpholine rings is 1. The van der Waals surface area contributed by atoms with Crippen molar-refractivity contribution in [3.8, 4) is 11.5 Å². The van der Waals surface area contributed by atoms with Gasteiger partial charge in [-0.2, -0.15) is 0 Å². The van der Waals surface area contributed by atoms with Crippen molar-refractivity contribution >= 4 is 46.5 Å². The molecule has 1 saturated heterocycles. The molecule has 2 aliphatic heterocycles. The maximum atomic E-state index is 13.3. The highest BCUT2D eigenvalue weighted by molar-refractivity contribution is 7.81. The number of para-hydroxylation sites is 1. The molecule has 0 radical (unpaired) electrons. The van der Waals surface area contributed by atoms with Crippen molar-refractivity contribution in [1.82, 2.24) is 20.5 Å². The van der Waals surface area contributed by atoms with Gasteiger partial charge in [-0.05, 0) is 31.0 Å². The van der Waals surface area contributed by atoms with Crippen LogP contribution in [0.2, 0.25) is 5.02 Å². The summed E-state index contributed by atoms with van der Waals surface area (Å²) in [6.07, 6.45) is 4.33. The molecule has 1 aromatic heterocycles. The summed E-state index contributed by atoms with van der Waals surface area (Å²) >= 11 is 12.0. The summed E-state index contributed by atoms with van der Waals surface area (Å²) in [5.41, 5.74) is 2.21. The second-order valence-electron chi connectivity index (χ2n) is 9.91. The van der Waals surface area contributed by atoms with E-state index in [1.54, 1.807) is 30.6 Å².